The summed E-state index contributed by atoms with van der Waals surface area (Å²) in [5, 5.41) is 2.45. The number of halogens is 1. The number of ketones is 1. The zero-order valence-electron chi connectivity index (χ0n) is 20.4. The molecule has 1 aromatic heterocycles. The molecular weight excluding hydrogens is 474 g/mol. The number of Topliss-reactive ketones (excluding diaryl/α,β-unsaturated/α-hetero) is 1. The van der Waals surface area contributed by atoms with Crippen LogP contribution in [0.25, 0.3) is 27.4 Å². The molecule has 0 amide bonds. The van der Waals surface area contributed by atoms with Crippen molar-refractivity contribution in [3.8, 4) is 0 Å². The smallest absolute Gasteiger partial charge is 0.158 e. The minimum absolute atomic E-state index is 0.155. The third-order valence-corrected chi connectivity index (χ3v) is 8.52. The van der Waals surface area contributed by atoms with Crippen molar-refractivity contribution in [2.75, 3.05) is 7.11 Å². The van der Waals surface area contributed by atoms with Gasteiger partial charge in [0.25, 0.3) is 0 Å². The summed E-state index contributed by atoms with van der Waals surface area (Å²) in [4.78, 5) is 12.5. The molecule has 2 atom stereocenters. The molecule has 1 heterocycles. The Morgan fingerprint density at radius 1 is 1.21 bits per heavy atom. The standard InChI is InChI=1S/C29H34BrNO2/c1-18(2)21(13-14-29(5)19(3)11-12-28(32)20(29)4)23-16-27-24(15-25(23)30)22-9-7-8-10-26(22)31(27)17-33-6/h7-10,15-16,19H,4,11-14,17H2,1-3,5-6H3/t19-,29+/m1/s1. The van der Waals surface area contributed by atoms with E-state index in [-0.39, 0.29) is 11.2 Å². The number of ether oxygens (including phenoxy) is 1. The Labute approximate surface area is 205 Å². The summed E-state index contributed by atoms with van der Waals surface area (Å²) >= 11 is 3.89. The number of aromatic nitrogens is 1. The number of hydrogen-bond donors (Lipinski definition) is 0. The highest BCUT2D eigenvalue weighted by atomic mass is 79.9. The minimum atomic E-state index is -0.155. The molecule has 0 unspecified atom stereocenters. The van der Waals surface area contributed by atoms with E-state index in [0.717, 1.165) is 29.3 Å². The molecule has 4 rings (SSSR count). The molecule has 1 aliphatic rings. The van der Waals surface area contributed by atoms with Crippen LogP contribution < -0.4 is 0 Å². The van der Waals surface area contributed by atoms with Crippen LogP contribution in [0, 0.1) is 11.3 Å². The van der Waals surface area contributed by atoms with Crippen LogP contribution in [0.3, 0.4) is 0 Å². The molecule has 3 nitrogen and oxygen atoms in total. The molecule has 0 aliphatic heterocycles. The maximum Gasteiger partial charge on any atom is 0.158 e. The van der Waals surface area contributed by atoms with Gasteiger partial charge in [0, 0.05) is 28.8 Å². The molecule has 174 valence electrons. The zero-order chi connectivity index (χ0) is 23.9. The van der Waals surface area contributed by atoms with E-state index >= 15 is 0 Å². The molecule has 3 aromatic rings. The number of benzene rings is 2. The average molecular weight is 509 g/mol. The van der Waals surface area contributed by atoms with Crippen LogP contribution in [0.4, 0.5) is 0 Å². The van der Waals surface area contributed by atoms with Crippen molar-refractivity contribution in [3.05, 3.63) is 64.2 Å². The zero-order valence-corrected chi connectivity index (χ0v) is 22.0. The second-order valence-corrected chi connectivity index (χ2v) is 10.8. The number of allylic oxidation sites excluding steroid dienone is 3. The maximum atomic E-state index is 12.5. The molecule has 1 fully saturated rings. The Morgan fingerprint density at radius 3 is 2.64 bits per heavy atom. The lowest BCUT2D eigenvalue weighted by Crippen LogP contribution is -2.35. The van der Waals surface area contributed by atoms with Crippen molar-refractivity contribution in [2.24, 2.45) is 11.3 Å². The first-order valence-electron chi connectivity index (χ1n) is 11.8. The topological polar surface area (TPSA) is 31.2 Å². The van der Waals surface area contributed by atoms with Crippen LogP contribution in [0.15, 0.2) is 58.6 Å². The van der Waals surface area contributed by atoms with Crippen molar-refractivity contribution in [2.45, 2.75) is 60.1 Å². The summed E-state index contributed by atoms with van der Waals surface area (Å²) in [7, 11) is 1.74. The number of methoxy groups -OCH3 is 1. The second kappa shape index (κ2) is 9.23. The third-order valence-electron chi connectivity index (χ3n) is 7.86. The van der Waals surface area contributed by atoms with Gasteiger partial charge in [0.05, 0.1) is 11.0 Å². The SMILES string of the molecule is C=C1C(=O)CC[C@@H](C)[C@]1(C)CCC(=C(C)C)c1cc2c(cc1Br)c1ccccc1n2COC. The second-order valence-electron chi connectivity index (χ2n) is 9.95. The van der Waals surface area contributed by atoms with Gasteiger partial charge in [-0.15, -0.1) is 0 Å². The molecule has 2 aromatic carbocycles. The van der Waals surface area contributed by atoms with Crippen LogP contribution in [-0.2, 0) is 16.3 Å². The van der Waals surface area contributed by atoms with Crippen LogP contribution in [0.5, 0.6) is 0 Å². The van der Waals surface area contributed by atoms with Gasteiger partial charge >= 0.3 is 0 Å². The number of carbonyl (C=O) groups is 1. The van der Waals surface area contributed by atoms with Crippen molar-refractivity contribution in [3.63, 3.8) is 0 Å². The number of fused-ring (bicyclic) bond motifs is 3. The van der Waals surface area contributed by atoms with Gasteiger partial charge in [-0.2, -0.15) is 0 Å². The van der Waals surface area contributed by atoms with Gasteiger partial charge in [-0.3, -0.25) is 4.79 Å². The molecule has 1 aliphatic carbocycles. The fourth-order valence-corrected chi connectivity index (χ4v) is 6.02. The van der Waals surface area contributed by atoms with E-state index in [0.29, 0.717) is 19.1 Å². The van der Waals surface area contributed by atoms with Gasteiger partial charge in [-0.25, -0.2) is 0 Å². The summed E-state index contributed by atoms with van der Waals surface area (Å²) in [6.45, 7) is 13.6. The molecule has 0 bridgehead atoms. The Hall–Kier alpha value is -2.17. The van der Waals surface area contributed by atoms with Crippen LogP contribution in [0.2, 0.25) is 0 Å². The van der Waals surface area contributed by atoms with Gasteiger partial charge in [0.15, 0.2) is 5.78 Å². The lowest BCUT2D eigenvalue weighted by molar-refractivity contribution is -0.119. The first kappa shape index (κ1) is 24.0. The number of hydrogen-bond acceptors (Lipinski definition) is 2. The molecule has 0 N–H and O–H groups in total. The molecule has 4 heteroatoms. The number of nitrogens with zero attached hydrogens (tertiary/aromatic N) is 1. The van der Waals surface area contributed by atoms with E-state index in [2.05, 4.69) is 91.2 Å². The van der Waals surface area contributed by atoms with Crippen molar-refractivity contribution in [1.29, 1.82) is 0 Å². The summed E-state index contributed by atoms with van der Waals surface area (Å²) < 4.78 is 8.90. The summed E-state index contributed by atoms with van der Waals surface area (Å²) in [6, 6.07) is 13.0. The Bertz CT molecular complexity index is 1280. The largest absolute Gasteiger partial charge is 0.364 e. The maximum absolute atomic E-state index is 12.5. The Kier molecular flexibility index (Phi) is 6.70. The lowest BCUT2D eigenvalue weighted by Gasteiger charge is -2.41. The van der Waals surface area contributed by atoms with Gasteiger partial charge in [-0.05, 0) is 79.4 Å². The fourth-order valence-electron chi connectivity index (χ4n) is 5.44. The lowest BCUT2D eigenvalue weighted by atomic mass is 9.62. The van der Waals surface area contributed by atoms with Crippen LogP contribution in [-0.4, -0.2) is 17.5 Å². The van der Waals surface area contributed by atoms with Crippen LogP contribution >= 0.6 is 15.9 Å². The van der Waals surface area contributed by atoms with Crippen molar-refractivity contribution in [1.82, 2.24) is 4.57 Å². The van der Waals surface area contributed by atoms with Gasteiger partial charge < -0.3 is 9.30 Å². The van der Waals surface area contributed by atoms with E-state index in [9.17, 15) is 4.79 Å². The molecule has 33 heavy (non-hydrogen) atoms. The average Bonchev–Trinajstić information content (AvgIpc) is 3.08. The monoisotopic (exact) mass is 507 g/mol. The first-order chi connectivity index (χ1) is 15.7. The van der Waals surface area contributed by atoms with Crippen molar-refractivity contribution >= 4 is 49.1 Å². The number of rotatable bonds is 6. The van der Waals surface area contributed by atoms with E-state index in [1.165, 1.54) is 38.5 Å². The normalized spacial score (nSPS) is 21.2. The summed E-state index contributed by atoms with van der Waals surface area (Å²) in [5.41, 5.74) is 6.85. The molecule has 0 saturated heterocycles. The summed E-state index contributed by atoms with van der Waals surface area (Å²) in [6.07, 6.45) is 3.41. The number of carbonyl (C=O) groups excluding carboxylic acids is 1. The van der Waals surface area contributed by atoms with E-state index in [1.807, 2.05) is 0 Å². The van der Waals surface area contributed by atoms with Crippen LogP contribution in [0.1, 0.15) is 58.9 Å². The predicted molar refractivity (Wildman–Crippen MR) is 142 cm³/mol. The summed E-state index contributed by atoms with van der Waals surface area (Å²) in [5.74, 6) is 0.692. The molecular formula is C29H34BrNO2. The molecule has 1 saturated carbocycles. The minimum Gasteiger partial charge on any atom is -0.364 e. The quantitative estimate of drug-likeness (QED) is 0.314. The van der Waals surface area contributed by atoms with Gasteiger partial charge in [-0.1, -0.05) is 60.1 Å². The highest BCUT2D eigenvalue weighted by Crippen LogP contribution is 2.48. The first-order valence-corrected chi connectivity index (χ1v) is 12.6. The molecule has 0 spiro atoms. The molecule has 0 radical (unpaired) electrons. The van der Waals surface area contributed by atoms with E-state index < -0.39 is 0 Å². The van der Waals surface area contributed by atoms with Gasteiger partial charge in [0.1, 0.15) is 6.73 Å². The Morgan fingerprint density at radius 2 is 1.94 bits per heavy atom. The highest BCUT2D eigenvalue weighted by molar-refractivity contribution is 9.10. The number of para-hydroxylation sites is 1. The van der Waals surface area contributed by atoms with E-state index in [1.54, 1.807) is 7.11 Å². The van der Waals surface area contributed by atoms with E-state index in [4.69, 9.17) is 4.74 Å². The van der Waals surface area contributed by atoms with Crippen molar-refractivity contribution < 1.29 is 9.53 Å². The fraction of sp³-hybridized carbons (Fsp3) is 0.414. The third kappa shape index (κ3) is 4.13. The predicted octanol–water partition coefficient (Wildman–Crippen LogP) is 8.30. The Balaban J connectivity index is 1.78. The van der Waals surface area contributed by atoms with Gasteiger partial charge in [0.2, 0.25) is 0 Å². The highest BCUT2D eigenvalue weighted by Gasteiger charge is 2.40.